The van der Waals surface area contributed by atoms with Gasteiger partial charge in [-0.15, -0.1) is 0 Å². The van der Waals surface area contributed by atoms with Gasteiger partial charge in [0.1, 0.15) is 5.69 Å². The summed E-state index contributed by atoms with van der Waals surface area (Å²) < 4.78 is 25.1. The third-order valence-electron chi connectivity index (χ3n) is 2.39. The van der Waals surface area contributed by atoms with Crippen LogP contribution < -0.4 is 5.73 Å². The highest BCUT2D eigenvalue weighted by atomic mass is 35.5. The number of rotatable bonds is 1. The molecule has 0 aliphatic heterocycles. The van der Waals surface area contributed by atoms with E-state index in [2.05, 4.69) is 4.98 Å². The van der Waals surface area contributed by atoms with Crippen LogP contribution in [0.1, 0.15) is 17.7 Å². The Morgan fingerprint density at radius 2 is 2.06 bits per heavy atom. The Morgan fingerprint density at radius 3 is 2.69 bits per heavy atom. The van der Waals surface area contributed by atoms with Crippen LogP contribution in [0.4, 0.5) is 14.5 Å². The molecule has 0 radical (unpaired) electrons. The average molecular weight is 243 g/mol. The number of nitrogens with zero attached hydrogens (tertiary/aromatic N) is 1. The second-order valence-corrected chi connectivity index (χ2v) is 3.93. The van der Waals surface area contributed by atoms with E-state index in [0.29, 0.717) is 15.9 Å². The second-order valence-electron chi connectivity index (χ2n) is 3.52. The van der Waals surface area contributed by atoms with E-state index in [0.717, 1.165) is 5.56 Å². The maximum absolute atomic E-state index is 12.5. The fourth-order valence-corrected chi connectivity index (χ4v) is 1.84. The van der Waals surface area contributed by atoms with E-state index in [1.807, 2.05) is 6.92 Å². The Bertz CT molecular complexity index is 555. The molecule has 1 aromatic heterocycles. The lowest BCUT2D eigenvalue weighted by Crippen LogP contribution is -1.98. The van der Waals surface area contributed by atoms with Gasteiger partial charge in [0.15, 0.2) is 0 Å². The first kappa shape index (κ1) is 11.1. The Hall–Kier alpha value is -1.42. The summed E-state index contributed by atoms with van der Waals surface area (Å²) in [6.45, 7) is 1.83. The minimum atomic E-state index is -2.65. The van der Waals surface area contributed by atoms with Crippen LogP contribution in [0.5, 0.6) is 0 Å². The third-order valence-corrected chi connectivity index (χ3v) is 2.70. The topological polar surface area (TPSA) is 38.9 Å². The molecule has 1 heterocycles. The standard InChI is InChI=1S/C11H9ClF2N2/c1-5-2-3-6(12)10-9(5)7(15)4-8(16-10)11(13)14/h2-4,11H,1H3,(H2,15,16). The maximum atomic E-state index is 12.5. The molecule has 0 unspecified atom stereocenters. The normalized spacial score (nSPS) is 11.3. The fourth-order valence-electron chi connectivity index (χ4n) is 1.64. The molecule has 16 heavy (non-hydrogen) atoms. The van der Waals surface area contributed by atoms with Crippen molar-refractivity contribution in [2.45, 2.75) is 13.3 Å². The lowest BCUT2D eigenvalue weighted by Gasteiger charge is -2.09. The third kappa shape index (κ3) is 1.69. The number of halogens is 3. The quantitative estimate of drug-likeness (QED) is 0.828. The molecule has 2 nitrogen and oxygen atoms in total. The van der Waals surface area contributed by atoms with Gasteiger partial charge in [-0.2, -0.15) is 0 Å². The summed E-state index contributed by atoms with van der Waals surface area (Å²) in [5, 5.41) is 0.965. The molecule has 0 fully saturated rings. The first-order chi connectivity index (χ1) is 7.50. The number of fused-ring (bicyclic) bond motifs is 1. The minimum Gasteiger partial charge on any atom is -0.398 e. The highest BCUT2D eigenvalue weighted by molar-refractivity contribution is 6.35. The predicted octanol–water partition coefficient (Wildman–Crippen LogP) is 3.72. The molecule has 0 spiro atoms. The Morgan fingerprint density at radius 1 is 1.38 bits per heavy atom. The summed E-state index contributed by atoms with van der Waals surface area (Å²) in [6, 6.07) is 4.60. The summed E-state index contributed by atoms with van der Waals surface area (Å²) in [7, 11) is 0. The molecule has 0 atom stereocenters. The first-order valence-corrected chi connectivity index (χ1v) is 5.02. The van der Waals surface area contributed by atoms with E-state index in [4.69, 9.17) is 17.3 Å². The largest absolute Gasteiger partial charge is 0.398 e. The first-order valence-electron chi connectivity index (χ1n) is 4.64. The smallest absolute Gasteiger partial charge is 0.280 e. The van der Waals surface area contributed by atoms with Crippen LogP contribution in [0.15, 0.2) is 18.2 Å². The van der Waals surface area contributed by atoms with Crippen molar-refractivity contribution in [2.75, 3.05) is 5.73 Å². The van der Waals surface area contributed by atoms with Gasteiger partial charge in [-0.25, -0.2) is 13.8 Å². The van der Waals surface area contributed by atoms with Crippen molar-refractivity contribution < 1.29 is 8.78 Å². The number of hydrogen-bond donors (Lipinski definition) is 1. The predicted molar refractivity (Wildman–Crippen MR) is 60.9 cm³/mol. The van der Waals surface area contributed by atoms with Crippen molar-refractivity contribution >= 4 is 28.2 Å². The lowest BCUT2D eigenvalue weighted by molar-refractivity contribution is 0.146. The zero-order valence-electron chi connectivity index (χ0n) is 8.47. The van der Waals surface area contributed by atoms with Gasteiger partial charge < -0.3 is 5.73 Å². The molecule has 2 rings (SSSR count). The number of pyridine rings is 1. The van der Waals surface area contributed by atoms with E-state index in [9.17, 15) is 8.78 Å². The van der Waals surface area contributed by atoms with E-state index in [1.165, 1.54) is 6.07 Å². The lowest BCUT2D eigenvalue weighted by atomic mass is 10.1. The van der Waals surface area contributed by atoms with Gasteiger partial charge in [0, 0.05) is 11.1 Å². The SMILES string of the molecule is Cc1ccc(Cl)c2nc(C(F)F)cc(N)c12. The average Bonchev–Trinajstić information content (AvgIpc) is 2.22. The number of anilines is 1. The van der Waals surface area contributed by atoms with Crippen molar-refractivity contribution in [3.8, 4) is 0 Å². The Kier molecular flexibility index (Phi) is 2.68. The highest BCUT2D eigenvalue weighted by Crippen LogP contribution is 2.31. The summed E-state index contributed by atoms with van der Waals surface area (Å²) in [6.07, 6.45) is -2.65. The van der Waals surface area contributed by atoms with Gasteiger partial charge >= 0.3 is 0 Å². The zero-order valence-corrected chi connectivity index (χ0v) is 9.22. The summed E-state index contributed by atoms with van der Waals surface area (Å²) >= 11 is 5.91. The van der Waals surface area contributed by atoms with Gasteiger partial charge in [0.05, 0.1) is 10.5 Å². The molecule has 0 aliphatic carbocycles. The molecule has 2 aromatic rings. The molecule has 0 aliphatic rings. The molecule has 0 amide bonds. The van der Waals surface area contributed by atoms with Gasteiger partial charge in [-0.1, -0.05) is 17.7 Å². The van der Waals surface area contributed by atoms with Crippen LogP contribution in [0.2, 0.25) is 5.02 Å². The van der Waals surface area contributed by atoms with E-state index < -0.39 is 6.43 Å². The van der Waals surface area contributed by atoms with E-state index >= 15 is 0 Å². The number of nitrogens with two attached hydrogens (primary N) is 1. The van der Waals surface area contributed by atoms with Gasteiger partial charge in [0.25, 0.3) is 6.43 Å². The van der Waals surface area contributed by atoms with Crippen molar-refractivity contribution in [3.63, 3.8) is 0 Å². The summed E-state index contributed by atoms with van der Waals surface area (Å²) in [4.78, 5) is 3.83. The number of alkyl halides is 2. The maximum Gasteiger partial charge on any atom is 0.280 e. The number of hydrogen-bond acceptors (Lipinski definition) is 2. The molecular formula is C11H9ClF2N2. The molecule has 0 saturated carbocycles. The Balaban J connectivity index is 2.86. The van der Waals surface area contributed by atoms with Gasteiger partial charge in [-0.05, 0) is 24.6 Å². The van der Waals surface area contributed by atoms with Crippen LogP contribution in [0, 0.1) is 6.92 Å². The molecular weight excluding hydrogens is 234 g/mol. The monoisotopic (exact) mass is 242 g/mol. The van der Waals surface area contributed by atoms with Crippen molar-refractivity contribution in [2.24, 2.45) is 0 Å². The van der Waals surface area contributed by atoms with Crippen molar-refractivity contribution in [1.82, 2.24) is 4.98 Å². The van der Waals surface area contributed by atoms with E-state index in [1.54, 1.807) is 12.1 Å². The number of aryl methyl sites for hydroxylation is 1. The van der Waals surface area contributed by atoms with Crippen molar-refractivity contribution in [1.29, 1.82) is 0 Å². The number of benzene rings is 1. The van der Waals surface area contributed by atoms with Gasteiger partial charge in [-0.3, -0.25) is 0 Å². The molecule has 0 saturated heterocycles. The Labute approximate surface area is 96.0 Å². The summed E-state index contributed by atoms with van der Waals surface area (Å²) in [5.41, 5.74) is 6.86. The molecule has 84 valence electrons. The molecule has 5 heteroatoms. The van der Waals surface area contributed by atoms with Crippen LogP contribution in [0.3, 0.4) is 0 Å². The van der Waals surface area contributed by atoms with E-state index in [-0.39, 0.29) is 11.4 Å². The number of nitrogen functional groups attached to an aromatic ring is 1. The molecule has 1 aromatic carbocycles. The van der Waals surface area contributed by atoms with Crippen molar-refractivity contribution in [3.05, 3.63) is 34.5 Å². The molecule has 0 bridgehead atoms. The van der Waals surface area contributed by atoms with Crippen LogP contribution in [0.25, 0.3) is 10.9 Å². The van der Waals surface area contributed by atoms with Crippen LogP contribution in [-0.4, -0.2) is 4.98 Å². The van der Waals surface area contributed by atoms with Crippen LogP contribution in [-0.2, 0) is 0 Å². The highest BCUT2D eigenvalue weighted by Gasteiger charge is 2.14. The minimum absolute atomic E-state index is 0.278. The number of aromatic nitrogens is 1. The molecule has 2 N–H and O–H groups in total. The summed E-state index contributed by atoms with van der Waals surface area (Å²) in [5.74, 6) is 0. The second kappa shape index (κ2) is 3.87. The van der Waals surface area contributed by atoms with Gasteiger partial charge in [0.2, 0.25) is 0 Å². The fraction of sp³-hybridized carbons (Fsp3) is 0.182. The van der Waals surface area contributed by atoms with Crippen LogP contribution >= 0.6 is 11.6 Å². The zero-order chi connectivity index (χ0) is 11.9.